The molecule has 0 radical (unpaired) electrons. The van der Waals surface area contributed by atoms with Crippen molar-refractivity contribution >= 4 is 11.0 Å². The van der Waals surface area contributed by atoms with E-state index in [1.165, 1.54) is 18.2 Å². The zero-order valence-electron chi connectivity index (χ0n) is 13.9. The number of aryl methyl sites for hydroxylation is 2. The quantitative estimate of drug-likeness (QED) is 0.599. The van der Waals surface area contributed by atoms with Crippen LogP contribution in [0.2, 0.25) is 0 Å². The largest absolute Gasteiger partial charge is 0.269 e. The van der Waals surface area contributed by atoms with Crippen LogP contribution >= 0.6 is 0 Å². The number of hydrogen-bond acceptors (Lipinski definition) is 2. The maximum Gasteiger partial charge on any atom is 0.256 e. The van der Waals surface area contributed by atoms with Gasteiger partial charge in [-0.3, -0.25) is 14.5 Å². The Morgan fingerprint density at radius 1 is 1.00 bits per heavy atom. The molecule has 4 nitrogen and oxygen atoms in total. The van der Waals surface area contributed by atoms with Crippen LogP contribution in [0.25, 0.3) is 28.0 Å². The van der Waals surface area contributed by atoms with Crippen molar-refractivity contribution < 1.29 is 4.39 Å². The molecule has 2 heterocycles. The van der Waals surface area contributed by atoms with Gasteiger partial charge in [0.25, 0.3) is 5.56 Å². The zero-order valence-corrected chi connectivity index (χ0v) is 13.9. The van der Waals surface area contributed by atoms with Crippen molar-refractivity contribution in [3.8, 4) is 16.9 Å². The number of fused-ring (bicyclic) bond motifs is 1. The molecule has 5 heteroatoms. The average molecular weight is 333 g/mol. The van der Waals surface area contributed by atoms with Crippen LogP contribution in [0.4, 0.5) is 4.39 Å². The summed E-state index contributed by atoms with van der Waals surface area (Å²) in [5.74, 6) is -0.280. The molecule has 0 atom stereocenters. The number of hydrogen-bond donors (Lipinski definition) is 1. The lowest BCUT2D eigenvalue weighted by Gasteiger charge is -2.10. The Kier molecular flexibility index (Phi) is 3.50. The number of H-pyrrole nitrogens is 1. The third kappa shape index (κ3) is 2.45. The van der Waals surface area contributed by atoms with Gasteiger partial charge in [-0.05, 0) is 55.3 Å². The number of benzene rings is 2. The Bertz CT molecular complexity index is 1160. The first-order valence-corrected chi connectivity index (χ1v) is 7.99. The number of nitrogens with zero attached hydrogens (tertiary/aromatic N) is 2. The SMILES string of the molecule is Cc1cc(F)ccc1-c1n[nH]c2c1ccc(=O)n2-c1ccccc1C. The number of aromatic amines is 1. The zero-order chi connectivity index (χ0) is 17.6. The van der Waals surface area contributed by atoms with E-state index in [9.17, 15) is 9.18 Å². The third-order valence-corrected chi connectivity index (χ3v) is 4.42. The first kappa shape index (κ1) is 15.3. The van der Waals surface area contributed by atoms with E-state index in [2.05, 4.69) is 10.2 Å². The van der Waals surface area contributed by atoms with Gasteiger partial charge in [-0.25, -0.2) is 4.39 Å². The van der Waals surface area contributed by atoms with Crippen molar-refractivity contribution in [2.24, 2.45) is 0 Å². The number of halogens is 1. The fraction of sp³-hybridized carbons (Fsp3) is 0.100. The Balaban J connectivity index is 2.02. The average Bonchev–Trinajstić information content (AvgIpc) is 3.00. The molecule has 0 aliphatic carbocycles. The molecule has 0 aliphatic rings. The van der Waals surface area contributed by atoms with E-state index in [1.54, 1.807) is 16.7 Å². The topological polar surface area (TPSA) is 50.7 Å². The smallest absolute Gasteiger partial charge is 0.256 e. The van der Waals surface area contributed by atoms with E-state index in [1.807, 2.05) is 38.1 Å². The van der Waals surface area contributed by atoms with E-state index in [0.29, 0.717) is 11.3 Å². The number of pyridine rings is 1. The second kappa shape index (κ2) is 5.70. The van der Waals surface area contributed by atoms with Crippen LogP contribution in [-0.2, 0) is 0 Å². The van der Waals surface area contributed by atoms with Crippen LogP contribution in [-0.4, -0.2) is 14.8 Å². The highest BCUT2D eigenvalue weighted by Gasteiger charge is 2.15. The molecule has 124 valence electrons. The molecule has 0 saturated heterocycles. The summed E-state index contributed by atoms with van der Waals surface area (Å²) in [7, 11) is 0. The standard InChI is InChI=1S/C20H16FN3O/c1-12-5-3-4-6-17(12)24-18(25)10-9-16-19(22-23-20(16)24)15-8-7-14(21)11-13(15)2/h3-11H,1-2H3,(H,22,23). The van der Waals surface area contributed by atoms with Crippen molar-refractivity contribution in [2.45, 2.75) is 13.8 Å². The summed E-state index contributed by atoms with van der Waals surface area (Å²) >= 11 is 0. The van der Waals surface area contributed by atoms with E-state index >= 15 is 0 Å². The van der Waals surface area contributed by atoms with Gasteiger partial charge in [0.2, 0.25) is 0 Å². The fourth-order valence-corrected chi connectivity index (χ4v) is 3.16. The lowest BCUT2D eigenvalue weighted by molar-refractivity contribution is 0.627. The summed E-state index contributed by atoms with van der Waals surface area (Å²) in [4.78, 5) is 12.5. The van der Waals surface area contributed by atoms with Gasteiger partial charge >= 0.3 is 0 Å². The van der Waals surface area contributed by atoms with Gasteiger partial charge in [-0.1, -0.05) is 18.2 Å². The molecule has 2 aromatic carbocycles. The molecule has 0 amide bonds. The van der Waals surface area contributed by atoms with Crippen LogP contribution < -0.4 is 5.56 Å². The molecule has 4 rings (SSSR count). The van der Waals surface area contributed by atoms with E-state index in [4.69, 9.17) is 0 Å². The van der Waals surface area contributed by atoms with Crippen molar-refractivity contribution in [1.29, 1.82) is 0 Å². The molecular weight excluding hydrogens is 317 g/mol. The molecule has 1 N–H and O–H groups in total. The predicted octanol–water partition coefficient (Wildman–Crippen LogP) is 4.14. The monoisotopic (exact) mass is 333 g/mol. The molecule has 4 aromatic rings. The van der Waals surface area contributed by atoms with Gasteiger partial charge in [0.15, 0.2) is 0 Å². The number of nitrogens with one attached hydrogen (secondary N) is 1. The van der Waals surface area contributed by atoms with E-state index in [0.717, 1.165) is 27.8 Å². The van der Waals surface area contributed by atoms with Crippen molar-refractivity contribution in [3.05, 3.63) is 81.9 Å². The Hall–Kier alpha value is -3.21. The summed E-state index contributed by atoms with van der Waals surface area (Å²) in [6.07, 6.45) is 0. The minimum absolute atomic E-state index is 0.132. The number of para-hydroxylation sites is 1. The number of aromatic nitrogens is 3. The molecule has 0 bridgehead atoms. The van der Waals surface area contributed by atoms with Crippen LogP contribution in [0, 0.1) is 19.7 Å². The molecule has 0 aliphatic heterocycles. The Labute approximate surface area is 143 Å². The molecule has 2 aromatic heterocycles. The molecule has 0 saturated carbocycles. The summed E-state index contributed by atoms with van der Waals surface area (Å²) in [6, 6.07) is 15.6. The minimum Gasteiger partial charge on any atom is -0.269 e. The predicted molar refractivity (Wildman–Crippen MR) is 96.6 cm³/mol. The van der Waals surface area contributed by atoms with Gasteiger partial charge < -0.3 is 0 Å². The second-order valence-corrected chi connectivity index (χ2v) is 6.09. The Morgan fingerprint density at radius 2 is 1.80 bits per heavy atom. The van der Waals surface area contributed by atoms with Crippen molar-refractivity contribution in [1.82, 2.24) is 14.8 Å². The maximum atomic E-state index is 13.4. The Morgan fingerprint density at radius 3 is 2.56 bits per heavy atom. The van der Waals surface area contributed by atoms with E-state index in [-0.39, 0.29) is 11.4 Å². The highest BCUT2D eigenvalue weighted by atomic mass is 19.1. The van der Waals surface area contributed by atoms with E-state index < -0.39 is 0 Å². The third-order valence-electron chi connectivity index (χ3n) is 4.42. The minimum atomic E-state index is -0.280. The highest BCUT2D eigenvalue weighted by molar-refractivity contribution is 5.92. The summed E-state index contributed by atoms with van der Waals surface area (Å²) < 4.78 is 15.0. The maximum absolute atomic E-state index is 13.4. The lowest BCUT2D eigenvalue weighted by Crippen LogP contribution is -2.18. The first-order chi connectivity index (χ1) is 12.1. The van der Waals surface area contributed by atoms with Gasteiger partial charge in [0, 0.05) is 17.0 Å². The van der Waals surface area contributed by atoms with Gasteiger partial charge in [-0.2, -0.15) is 5.10 Å². The number of rotatable bonds is 2. The van der Waals surface area contributed by atoms with Crippen LogP contribution in [0.3, 0.4) is 0 Å². The summed E-state index contributed by atoms with van der Waals surface area (Å²) in [5, 5.41) is 8.21. The molecule has 0 unspecified atom stereocenters. The summed E-state index contributed by atoms with van der Waals surface area (Å²) in [6.45, 7) is 3.80. The molecule has 0 fully saturated rings. The van der Waals surface area contributed by atoms with Gasteiger partial charge in [0.1, 0.15) is 17.2 Å². The fourth-order valence-electron chi connectivity index (χ4n) is 3.16. The molecule has 0 spiro atoms. The first-order valence-electron chi connectivity index (χ1n) is 7.99. The van der Waals surface area contributed by atoms with Crippen molar-refractivity contribution in [3.63, 3.8) is 0 Å². The van der Waals surface area contributed by atoms with Crippen LogP contribution in [0.5, 0.6) is 0 Å². The normalized spacial score (nSPS) is 11.2. The molecular formula is C20H16FN3O. The highest BCUT2D eigenvalue weighted by Crippen LogP contribution is 2.29. The van der Waals surface area contributed by atoms with Crippen molar-refractivity contribution in [2.75, 3.05) is 0 Å². The second-order valence-electron chi connectivity index (χ2n) is 6.09. The molecule has 25 heavy (non-hydrogen) atoms. The van der Waals surface area contributed by atoms with Crippen LogP contribution in [0.1, 0.15) is 11.1 Å². The van der Waals surface area contributed by atoms with Gasteiger partial charge in [-0.15, -0.1) is 0 Å². The van der Waals surface area contributed by atoms with Gasteiger partial charge in [0.05, 0.1) is 5.69 Å². The summed E-state index contributed by atoms with van der Waals surface area (Å²) in [5.41, 5.74) is 4.63. The van der Waals surface area contributed by atoms with Crippen LogP contribution in [0.15, 0.2) is 59.4 Å². The lowest BCUT2D eigenvalue weighted by atomic mass is 10.0.